The third-order valence-electron chi connectivity index (χ3n) is 6.87. The van der Waals surface area contributed by atoms with Crippen LogP contribution in [-0.2, 0) is 28.0 Å². The van der Waals surface area contributed by atoms with E-state index >= 15 is 0 Å². The van der Waals surface area contributed by atoms with Gasteiger partial charge in [-0.25, -0.2) is 0 Å². The maximum atomic E-state index is 12.9. The fourth-order valence-electron chi connectivity index (χ4n) is 5.58. The van der Waals surface area contributed by atoms with E-state index in [0.29, 0.717) is 24.5 Å². The first-order chi connectivity index (χ1) is 13.5. The number of aliphatic hydroxyl groups is 1. The number of methoxy groups -OCH3 is 2. The number of ether oxygens (including phenoxy) is 3. The zero-order chi connectivity index (χ0) is 20.1. The number of benzene rings is 1. The van der Waals surface area contributed by atoms with E-state index in [-0.39, 0.29) is 29.8 Å². The van der Waals surface area contributed by atoms with Crippen molar-refractivity contribution in [1.29, 1.82) is 0 Å². The van der Waals surface area contributed by atoms with E-state index in [0.717, 1.165) is 41.8 Å². The van der Waals surface area contributed by atoms with Gasteiger partial charge in [0.05, 0.1) is 27.4 Å². The maximum Gasteiger partial charge on any atom is 0.197 e. The molecule has 152 valence electrons. The summed E-state index contributed by atoms with van der Waals surface area (Å²) in [5, 5.41) is 10.1. The Morgan fingerprint density at radius 3 is 2.75 bits per heavy atom. The SMILES string of the molecule is CCOc1c(OC)cc(CO)c2c1[C@@]13CCN(C)[C@@H](C2)[C@H]1C=C(OC)C(=O)C3. The Labute approximate surface area is 166 Å². The van der Waals surface area contributed by atoms with E-state index < -0.39 is 0 Å². The lowest BCUT2D eigenvalue weighted by atomic mass is 9.53. The van der Waals surface area contributed by atoms with Crippen molar-refractivity contribution in [3.8, 4) is 11.5 Å². The van der Waals surface area contributed by atoms with Crippen molar-refractivity contribution in [3.63, 3.8) is 0 Å². The van der Waals surface area contributed by atoms with Crippen LogP contribution in [0, 0.1) is 5.92 Å². The zero-order valence-corrected chi connectivity index (χ0v) is 17.1. The molecular formula is C22H29NO5. The third kappa shape index (κ3) is 2.58. The van der Waals surface area contributed by atoms with E-state index in [2.05, 4.69) is 11.9 Å². The lowest BCUT2D eigenvalue weighted by molar-refractivity contribution is -0.122. The van der Waals surface area contributed by atoms with E-state index in [1.54, 1.807) is 14.2 Å². The molecule has 0 spiro atoms. The van der Waals surface area contributed by atoms with Crippen molar-refractivity contribution < 1.29 is 24.1 Å². The molecule has 6 heteroatoms. The molecule has 0 unspecified atom stereocenters. The number of likely N-dealkylation sites (tertiary alicyclic amines) is 1. The van der Waals surface area contributed by atoms with Crippen LogP contribution >= 0.6 is 0 Å². The van der Waals surface area contributed by atoms with Gasteiger partial charge in [0, 0.05) is 29.4 Å². The number of fused-ring (bicyclic) bond motifs is 1. The van der Waals surface area contributed by atoms with Gasteiger partial charge >= 0.3 is 0 Å². The number of rotatable bonds is 5. The summed E-state index contributed by atoms with van der Waals surface area (Å²) in [6.45, 7) is 3.32. The highest BCUT2D eigenvalue weighted by atomic mass is 16.5. The molecule has 1 fully saturated rings. The summed E-state index contributed by atoms with van der Waals surface area (Å²) in [5.74, 6) is 2.01. The average molecular weight is 387 g/mol. The van der Waals surface area contributed by atoms with Crippen LogP contribution in [-0.4, -0.2) is 56.3 Å². The van der Waals surface area contributed by atoms with Crippen LogP contribution in [0.3, 0.4) is 0 Å². The van der Waals surface area contributed by atoms with Crippen LogP contribution in [0.15, 0.2) is 17.9 Å². The van der Waals surface area contributed by atoms with Crippen molar-refractivity contribution in [2.75, 3.05) is 34.4 Å². The normalized spacial score (nSPS) is 28.9. The van der Waals surface area contributed by atoms with Crippen LogP contribution in [0.4, 0.5) is 0 Å². The number of nitrogens with zero attached hydrogens (tertiary/aromatic N) is 1. The minimum Gasteiger partial charge on any atom is -0.493 e. The molecular weight excluding hydrogens is 358 g/mol. The molecule has 6 nitrogen and oxygen atoms in total. The molecule has 3 atom stereocenters. The van der Waals surface area contributed by atoms with Crippen molar-refractivity contribution in [2.24, 2.45) is 5.92 Å². The molecule has 0 saturated carbocycles. The highest BCUT2D eigenvalue weighted by Crippen LogP contribution is 2.58. The molecule has 0 amide bonds. The molecule has 1 heterocycles. The number of allylic oxidation sites excluding steroid dienone is 1. The summed E-state index contributed by atoms with van der Waals surface area (Å²) in [7, 11) is 5.33. The Bertz CT molecular complexity index is 833. The molecule has 2 bridgehead atoms. The van der Waals surface area contributed by atoms with Gasteiger partial charge in [0.25, 0.3) is 0 Å². The topological polar surface area (TPSA) is 68.2 Å². The molecule has 4 rings (SSSR count). The highest BCUT2D eigenvalue weighted by Gasteiger charge is 2.57. The first kappa shape index (κ1) is 19.3. The Kier molecular flexibility index (Phi) is 4.88. The van der Waals surface area contributed by atoms with Gasteiger partial charge < -0.3 is 24.2 Å². The van der Waals surface area contributed by atoms with Gasteiger partial charge in [-0.2, -0.15) is 0 Å². The Hall–Kier alpha value is -2.05. The minimum atomic E-state index is -0.354. The summed E-state index contributed by atoms with van der Waals surface area (Å²) in [6.07, 6.45) is 4.09. The largest absolute Gasteiger partial charge is 0.493 e. The van der Waals surface area contributed by atoms with Crippen molar-refractivity contribution in [1.82, 2.24) is 4.90 Å². The number of hydrogen-bond donors (Lipinski definition) is 1. The molecule has 1 saturated heterocycles. The van der Waals surface area contributed by atoms with Crippen molar-refractivity contribution in [3.05, 3.63) is 34.6 Å². The molecule has 1 N–H and O–H groups in total. The molecule has 28 heavy (non-hydrogen) atoms. The molecule has 1 aliphatic heterocycles. The summed E-state index contributed by atoms with van der Waals surface area (Å²) in [6, 6.07) is 2.14. The van der Waals surface area contributed by atoms with Crippen LogP contribution in [0.1, 0.15) is 36.5 Å². The van der Waals surface area contributed by atoms with E-state index in [1.165, 1.54) is 0 Å². The number of aliphatic hydroxyl groups excluding tert-OH is 1. The van der Waals surface area contributed by atoms with Crippen molar-refractivity contribution in [2.45, 2.75) is 44.2 Å². The van der Waals surface area contributed by atoms with E-state index in [9.17, 15) is 9.90 Å². The lowest BCUT2D eigenvalue weighted by Crippen LogP contribution is -2.60. The second kappa shape index (κ2) is 7.08. The monoisotopic (exact) mass is 387 g/mol. The Balaban J connectivity index is 2.03. The molecule has 2 aliphatic carbocycles. The first-order valence-electron chi connectivity index (χ1n) is 9.96. The van der Waals surface area contributed by atoms with Gasteiger partial charge in [0.15, 0.2) is 23.0 Å². The summed E-state index contributed by atoms with van der Waals surface area (Å²) >= 11 is 0. The smallest absolute Gasteiger partial charge is 0.197 e. The van der Waals surface area contributed by atoms with Crippen LogP contribution < -0.4 is 9.47 Å². The summed E-state index contributed by atoms with van der Waals surface area (Å²) in [4.78, 5) is 15.3. The molecule has 1 aromatic carbocycles. The zero-order valence-electron chi connectivity index (χ0n) is 17.1. The van der Waals surface area contributed by atoms with Gasteiger partial charge in [-0.1, -0.05) is 0 Å². The van der Waals surface area contributed by atoms with Crippen LogP contribution in [0.2, 0.25) is 0 Å². The number of carbonyl (C=O) groups is 1. The number of likely N-dealkylation sites (N-methyl/N-ethyl adjacent to an activating group) is 1. The van der Waals surface area contributed by atoms with E-state index in [1.807, 2.05) is 19.1 Å². The second-order valence-corrected chi connectivity index (χ2v) is 8.03. The number of hydrogen-bond acceptors (Lipinski definition) is 6. The average Bonchev–Trinajstić information content (AvgIpc) is 2.70. The predicted molar refractivity (Wildman–Crippen MR) is 105 cm³/mol. The van der Waals surface area contributed by atoms with Gasteiger partial charge in [-0.3, -0.25) is 4.79 Å². The Morgan fingerprint density at radius 2 is 2.11 bits per heavy atom. The molecule has 0 aromatic heterocycles. The predicted octanol–water partition coefficient (Wildman–Crippen LogP) is 2.20. The first-order valence-corrected chi connectivity index (χ1v) is 9.96. The fourth-order valence-corrected chi connectivity index (χ4v) is 5.58. The third-order valence-corrected chi connectivity index (χ3v) is 6.87. The Morgan fingerprint density at radius 1 is 1.32 bits per heavy atom. The maximum absolute atomic E-state index is 12.9. The van der Waals surface area contributed by atoms with Crippen LogP contribution in [0.5, 0.6) is 11.5 Å². The molecule has 3 aliphatic rings. The highest BCUT2D eigenvalue weighted by molar-refractivity contribution is 5.96. The minimum absolute atomic E-state index is 0.0331. The van der Waals surface area contributed by atoms with Gasteiger partial charge in [-0.05, 0) is 56.6 Å². The summed E-state index contributed by atoms with van der Waals surface area (Å²) < 4.78 is 17.1. The fraction of sp³-hybridized carbons (Fsp3) is 0.591. The number of ketones is 1. The standard InChI is InChI=1S/C22H29NO5/c1-5-28-21-19(27-4)8-13(12-24)14-9-16-15-10-18(26-3)17(25)11-22(15,20(14)21)6-7-23(16)2/h8,10,15-16,24H,5-7,9,11-12H2,1-4H3/t15-,16+,22-/m1/s1. The number of piperidine rings is 1. The quantitative estimate of drug-likeness (QED) is 0.836. The van der Waals surface area contributed by atoms with Crippen molar-refractivity contribution >= 4 is 5.78 Å². The van der Waals surface area contributed by atoms with Crippen LogP contribution in [0.25, 0.3) is 0 Å². The molecule has 1 aromatic rings. The van der Waals surface area contributed by atoms with Gasteiger partial charge in [-0.15, -0.1) is 0 Å². The van der Waals surface area contributed by atoms with E-state index in [4.69, 9.17) is 14.2 Å². The lowest BCUT2D eigenvalue weighted by Gasteiger charge is -2.57. The van der Waals surface area contributed by atoms with Gasteiger partial charge in [0.1, 0.15) is 0 Å². The number of Topliss-reactive ketones (excluding diaryl/α,β-unsaturated/α-hetero) is 1. The summed E-state index contributed by atoms with van der Waals surface area (Å²) in [5.41, 5.74) is 2.68. The molecule has 0 radical (unpaired) electrons. The van der Waals surface area contributed by atoms with Gasteiger partial charge in [0.2, 0.25) is 0 Å². The number of carbonyl (C=O) groups excluding carboxylic acids is 1. The second-order valence-electron chi connectivity index (χ2n) is 8.03.